The molecule has 22 heavy (non-hydrogen) atoms. The van der Waals surface area contributed by atoms with E-state index in [1.807, 2.05) is 6.92 Å². The van der Waals surface area contributed by atoms with E-state index in [0.717, 1.165) is 5.56 Å². The van der Waals surface area contributed by atoms with Crippen molar-refractivity contribution in [1.29, 1.82) is 0 Å². The molecule has 120 valence electrons. The first-order valence-corrected chi connectivity index (χ1v) is 7.50. The van der Waals surface area contributed by atoms with Crippen molar-refractivity contribution in [2.75, 3.05) is 25.0 Å². The molecule has 2 rings (SSSR count). The highest BCUT2D eigenvalue weighted by Gasteiger charge is 2.28. The fourth-order valence-corrected chi connectivity index (χ4v) is 2.50. The minimum absolute atomic E-state index is 0.139. The lowest BCUT2D eigenvalue weighted by Crippen LogP contribution is -2.42. The summed E-state index contributed by atoms with van der Waals surface area (Å²) in [6, 6.07) is 4.02. The second-order valence-electron chi connectivity index (χ2n) is 5.40. The molecule has 1 N–H and O–H groups in total. The normalized spacial score (nSPS) is 15.5. The summed E-state index contributed by atoms with van der Waals surface area (Å²) < 4.78 is 18.2. The van der Waals surface area contributed by atoms with Gasteiger partial charge in [-0.2, -0.15) is 0 Å². The van der Waals surface area contributed by atoms with Gasteiger partial charge < -0.3 is 15.0 Å². The van der Waals surface area contributed by atoms with E-state index in [0.29, 0.717) is 38.2 Å². The van der Waals surface area contributed by atoms with Crippen molar-refractivity contribution in [3.8, 4) is 0 Å². The Kier molecular flexibility index (Phi) is 5.35. The number of halogens is 1. The zero-order valence-electron chi connectivity index (χ0n) is 12.9. The van der Waals surface area contributed by atoms with Crippen LogP contribution < -0.4 is 5.32 Å². The maximum absolute atomic E-state index is 13.2. The van der Waals surface area contributed by atoms with Crippen LogP contribution in [0.15, 0.2) is 18.2 Å². The molecule has 0 aromatic heterocycles. The Morgan fingerprint density at radius 2 is 2.05 bits per heavy atom. The van der Waals surface area contributed by atoms with Crippen LogP contribution in [0.3, 0.4) is 0 Å². The van der Waals surface area contributed by atoms with E-state index in [9.17, 15) is 14.0 Å². The number of amides is 2. The van der Waals surface area contributed by atoms with Crippen molar-refractivity contribution >= 4 is 17.7 Å². The Balaban J connectivity index is 1.90. The first-order chi connectivity index (χ1) is 10.5. The number of carbonyl (C=O) groups is 2. The molecule has 1 aromatic rings. The van der Waals surface area contributed by atoms with Gasteiger partial charge >= 0.3 is 12.0 Å². The SMILES string of the molecule is CCOC(=O)C1CCN(C(=O)Nc2cc(F)ccc2C)CC1. The first-order valence-electron chi connectivity index (χ1n) is 7.50. The smallest absolute Gasteiger partial charge is 0.321 e. The number of urea groups is 1. The van der Waals surface area contributed by atoms with Crippen LogP contribution in [0.2, 0.25) is 0 Å². The van der Waals surface area contributed by atoms with Crippen LogP contribution in [-0.4, -0.2) is 36.6 Å². The number of piperidine rings is 1. The zero-order valence-corrected chi connectivity index (χ0v) is 12.9. The lowest BCUT2D eigenvalue weighted by atomic mass is 9.97. The number of nitrogens with zero attached hydrogens (tertiary/aromatic N) is 1. The number of nitrogens with one attached hydrogen (secondary N) is 1. The van der Waals surface area contributed by atoms with Crippen LogP contribution in [0.4, 0.5) is 14.9 Å². The third-order valence-corrected chi connectivity index (χ3v) is 3.84. The van der Waals surface area contributed by atoms with Crippen LogP contribution in [-0.2, 0) is 9.53 Å². The van der Waals surface area contributed by atoms with Gasteiger partial charge in [-0.15, -0.1) is 0 Å². The number of likely N-dealkylation sites (tertiary alicyclic amines) is 1. The van der Waals surface area contributed by atoms with Gasteiger partial charge in [-0.05, 0) is 44.4 Å². The van der Waals surface area contributed by atoms with Crippen molar-refractivity contribution in [2.24, 2.45) is 5.92 Å². The van der Waals surface area contributed by atoms with Gasteiger partial charge in [0.2, 0.25) is 0 Å². The molecule has 0 saturated carbocycles. The maximum atomic E-state index is 13.2. The van der Waals surface area contributed by atoms with E-state index < -0.39 is 0 Å². The Morgan fingerprint density at radius 3 is 2.68 bits per heavy atom. The molecule has 1 aliphatic heterocycles. The van der Waals surface area contributed by atoms with E-state index >= 15 is 0 Å². The molecule has 6 heteroatoms. The molecule has 0 spiro atoms. The number of ether oxygens (including phenoxy) is 1. The molecule has 1 fully saturated rings. The molecular weight excluding hydrogens is 287 g/mol. The van der Waals surface area contributed by atoms with Crippen LogP contribution in [0.5, 0.6) is 0 Å². The van der Waals surface area contributed by atoms with E-state index in [-0.39, 0.29) is 23.7 Å². The number of esters is 1. The van der Waals surface area contributed by atoms with E-state index in [4.69, 9.17) is 4.74 Å². The van der Waals surface area contributed by atoms with Gasteiger partial charge in [0.1, 0.15) is 5.82 Å². The molecule has 2 amide bonds. The monoisotopic (exact) mass is 308 g/mol. The quantitative estimate of drug-likeness (QED) is 0.873. The van der Waals surface area contributed by atoms with Crippen LogP contribution in [0.1, 0.15) is 25.3 Å². The highest BCUT2D eigenvalue weighted by atomic mass is 19.1. The third kappa shape index (κ3) is 3.96. The van der Waals surface area contributed by atoms with Crippen molar-refractivity contribution in [3.05, 3.63) is 29.6 Å². The number of hydrogen-bond donors (Lipinski definition) is 1. The van der Waals surface area contributed by atoms with Crippen molar-refractivity contribution in [2.45, 2.75) is 26.7 Å². The summed E-state index contributed by atoms with van der Waals surface area (Å²) in [7, 11) is 0. The Bertz CT molecular complexity index is 554. The zero-order chi connectivity index (χ0) is 16.1. The van der Waals surface area contributed by atoms with Gasteiger partial charge in [-0.3, -0.25) is 4.79 Å². The van der Waals surface area contributed by atoms with Crippen LogP contribution in [0.25, 0.3) is 0 Å². The minimum atomic E-state index is -0.387. The molecule has 1 saturated heterocycles. The molecular formula is C16H21FN2O3. The molecule has 1 heterocycles. The van der Waals surface area contributed by atoms with E-state index in [2.05, 4.69) is 5.32 Å². The molecule has 1 aliphatic rings. The Labute approximate surface area is 129 Å². The maximum Gasteiger partial charge on any atom is 0.321 e. The number of rotatable bonds is 3. The van der Waals surface area contributed by atoms with Crippen molar-refractivity contribution in [1.82, 2.24) is 4.90 Å². The van der Waals surface area contributed by atoms with Gasteiger partial charge in [0.15, 0.2) is 0 Å². The number of benzene rings is 1. The molecule has 1 aromatic carbocycles. The predicted molar refractivity (Wildman–Crippen MR) is 81.1 cm³/mol. The third-order valence-electron chi connectivity index (χ3n) is 3.84. The Hall–Kier alpha value is -2.11. The molecule has 5 nitrogen and oxygen atoms in total. The summed E-state index contributed by atoms with van der Waals surface area (Å²) in [6.07, 6.45) is 1.18. The lowest BCUT2D eigenvalue weighted by Gasteiger charge is -2.31. The average molecular weight is 308 g/mol. The second-order valence-corrected chi connectivity index (χ2v) is 5.40. The molecule has 0 unspecified atom stereocenters. The lowest BCUT2D eigenvalue weighted by molar-refractivity contribution is -0.149. The number of hydrogen-bond acceptors (Lipinski definition) is 3. The summed E-state index contributed by atoms with van der Waals surface area (Å²) in [5.41, 5.74) is 1.27. The Morgan fingerprint density at radius 1 is 1.36 bits per heavy atom. The highest BCUT2D eigenvalue weighted by molar-refractivity contribution is 5.90. The van der Waals surface area contributed by atoms with Crippen LogP contribution in [0, 0.1) is 18.7 Å². The minimum Gasteiger partial charge on any atom is -0.466 e. The van der Waals surface area contributed by atoms with Gasteiger partial charge in [0, 0.05) is 18.8 Å². The average Bonchev–Trinajstić information content (AvgIpc) is 2.51. The topological polar surface area (TPSA) is 58.6 Å². The van der Waals surface area contributed by atoms with E-state index in [1.54, 1.807) is 17.9 Å². The number of anilines is 1. The van der Waals surface area contributed by atoms with Crippen molar-refractivity contribution in [3.63, 3.8) is 0 Å². The summed E-state index contributed by atoms with van der Waals surface area (Å²) in [4.78, 5) is 25.5. The molecule has 0 aliphatic carbocycles. The fraction of sp³-hybridized carbons (Fsp3) is 0.500. The van der Waals surface area contributed by atoms with E-state index in [1.165, 1.54) is 12.1 Å². The summed E-state index contributed by atoms with van der Waals surface area (Å²) in [5.74, 6) is -0.717. The molecule has 0 bridgehead atoms. The van der Waals surface area contributed by atoms with Gasteiger partial charge in [-0.1, -0.05) is 6.07 Å². The second kappa shape index (κ2) is 7.24. The van der Waals surface area contributed by atoms with Crippen LogP contribution >= 0.6 is 0 Å². The standard InChI is InChI=1S/C16H21FN2O3/c1-3-22-15(20)12-6-8-19(9-7-12)16(21)18-14-10-13(17)5-4-11(14)2/h4-5,10,12H,3,6-9H2,1-2H3,(H,18,21). The molecule has 0 atom stereocenters. The van der Waals surface area contributed by atoms with Gasteiger partial charge in [0.25, 0.3) is 0 Å². The predicted octanol–water partition coefficient (Wildman–Crippen LogP) is 2.94. The van der Waals surface area contributed by atoms with Gasteiger partial charge in [0.05, 0.1) is 12.5 Å². The highest BCUT2D eigenvalue weighted by Crippen LogP contribution is 2.21. The largest absolute Gasteiger partial charge is 0.466 e. The number of aryl methyl sites for hydroxylation is 1. The molecule has 0 radical (unpaired) electrons. The van der Waals surface area contributed by atoms with Crippen molar-refractivity contribution < 1.29 is 18.7 Å². The number of carbonyl (C=O) groups excluding carboxylic acids is 2. The summed E-state index contributed by atoms with van der Waals surface area (Å²) >= 11 is 0. The first kappa shape index (κ1) is 16.3. The summed E-state index contributed by atoms with van der Waals surface area (Å²) in [6.45, 7) is 4.94. The summed E-state index contributed by atoms with van der Waals surface area (Å²) in [5, 5.41) is 2.72. The van der Waals surface area contributed by atoms with Gasteiger partial charge in [-0.25, -0.2) is 9.18 Å². The fourth-order valence-electron chi connectivity index (χ4n) is 2.50.